The van der Waals surface area contributed by atoms with Gasteiger partial charge in [0.25, 0.3) is 10.0 Å². The molecule has 0 fully saturated rings. The number of carboxylic acids is 1. The van der Waals surface area contributed by atoms with E-state index in [-0.39, 0.29) is 4.90 Å². The van der Waals surface area contributed by atoms with Gasteiger partial charge < -0.3 is 5.11 Å². The number of anilines is 1. The zero-order valence-electron chi connectivity index (χ0n) is 16.3. The molecular weight excluding hydrogens is 412 g/mol. The molecule has 1 heterocycles. The summed E-state index contributed by atoms with van der Waals surface area (Å²) in [5.41, 5.74) is 2.45. The molecule has 0 aliphatic rings. The molecule has 154 valence electrons. The molecule has 0 saturated carbocycles. The standard InChI is InChI=1S/C24H18N2O4S/c27-23(28)16-21(17-7-2-1-3-8-17)19-10-4-12-20(15-19)26-31(29,30)22-13-5-9-18-11-6-14-25-24(18)22/h1-16,26H,(H,27,28). The Morgan fingerprint density at radius 1 is 0.871 bits per heavy atom. The number of aliphatic carboxylic acids is 1. The average molecular weight is 430 g/mol. The van der Waals surface area contributed by atoms with E-state index in [1.54, 1.807) is 66.9 Å². The van der Waals surface area contributed by atoms with Crippen LogP contribution < -0.4 is 4.72 Å². The third-order valence-corrected chi connectivity index (χ3v) is 6.08. The molecular formula is C24H18N2O4S. The molecule has 0 spiro atoms. The molecule has 3 aromatic carbocycles. The first kappa shape index (κ1) is 20.3. The lowest BCUT2D eigenvalue weighted by Gasteiger charge is -2.13. The van der Waals surface area contributed by atoms with Crippen molar-refractivity contribution in [2.75, 3.05) is 4.72 Å². The highest BCUT2D eigenvalue weighted by Crippen LogP contribution is 2.28. The van der Waals surface area contributed by atoms with E-state index >= 15 is 0 Å². The zero-order valence-corrected chi connectivity index (χ0v) is 17.1. The Kier molecular flexibility index (Phi) is 5.51. The number of nitrogens with one attached hydrogen (secondary N) is 1. The van der Waals surface area contributed by atoms with E-state index in [2.05, 4.69) is 9.71 Å². The van der Waals surface area contributed by atoms with Crippen molar-refractivity contribution in [1.29, 1.82) is 0 Å². The maximum Gasteiger partial charge on any atom is 0.328 e. The van der Waals surface area contributed by atoms with E-state index in [0.717, 1.165) is 11.5 Å². The summed E-state index contributed by atoms with van der Waals surface area (Å²) in [6.45, 7) is 0. The number of pyridine rings is 1. The zero-order chi connectivity index (χ0) is 21.8. The number of fused-ring (bicyclic) bond motifs is 1. The number of sulfonamides is 1. The number of aromatic nitrogens is 1. The Labute approximate surface area is 179 Å². The number of hydrogen-bond donors (Lipinski definition) is 2. The smallest absolute Gasteiger partial charge is 0.328 e. The minimum atomic E-state index is -3.92. The summed E-state index contributed by atoms with van der Waals surface area (Å²) in [5, 5.41) is 10.0. The molecule has 0 bridgehead atoms. The number of rotatable bonds is 6. The van der Waals surface area contributed by atoms with Crippen LogP contribution in [0.4, 0.5) is 5.69 Å². The molecule has 6 nitrogen and oxygen atoms in total. The van der Waals surface area contributed by atoms with Crippen LogP contribution in [0.15, 0.2) is 102 Å². The quantitative estimate of drug-likeness (QED) is 0.438. The first-order chi connectivity index (χ1) is 14.9. The molecule has 0 aliphatic heterocycles. The predicted molar refractivity (Wildman–Crippen MR) is 120 cm³/mol. The van der Waals surface area contributed by atoms with Crippen molar-refractivity contribution in [3.8, 4) is 0 Å². The molecule has 0 saturated heterocycles. The van der Waals surface area contributed by atoms with Crippen LogP contribution >= 0.6 is 0 Å². The highest BCUT2D eigenvalue weighted by molar-refractivity contribution is 7.93. The van der Waals surface area contributed by atoms with E-state index in [4.69, 9.17) is 0 Å². The molecule has 0 aliphatic carbocycles. The van der Waals surface area contributed by atoms with Crippen molar-refractivity contribution in [3.63, 3.8) is 0 Å². The normalized spacial score (nSPS) is 11.9. The van der Waals surface area contributed by atoms with E-state index in [1.165, 1.54) is 6.07 Å². The summed E-state index contributed by atoms with van der Waals surface area (Å²) in [4.78, 5) is 15.7. The maximum atomic E-state index is 13.1. The van der Waals surface area contributed by atoms with Crippen LogP contribution in [0.2, 0.25) is 0 Å². The second-order valence-electron chi connectivity index (χ2n) is 6.78. The van der Waals surface area contributed by atoms with Gasteiger partial charge in [0.1, 0.15) is 4.90 Å². The van der Waals surface area contributed by atoms with Gasteiger partial charge >= 0.3 is 5.97 Å². The van der Waals surface area contributed by atoms with Crippen LogP contribution in [-0.4, -0.2) is 24.5 Å². The van der Waals surface area contributed by atoms with E-state index in [1.807, 2.05) is 18.2 Å². The number of carboxylic acid groups (broad SMARTS) is 1. The van der Waals surface area contributed by atoms with Crippen molar-refractivity contribution in [3.05, 3.63) is 108 Å². The topological polar surface area (TPSA) is 96.4 Å². The second-order valence-corrected chi connectivity index (χ2v) is 8.43. The molecule has 1 aromatic heterocycles. The third kappa shape index (κ3) is 4.46. The predicted octanol–water partition coefficient (Wildman–Crippen LogP) is 4.55. The van der Waals surface area contributed by atoms with E-state index in [0.29, 0.717) is 27.9 Å². The first-order valence-corrected chi connectivity index (χ1v) is 10.9. The van der Waals surface area contributed by atoms with Gasteiger partial charge in [0.15, 0.2) is 0 Å². The van der Waals surface area contributed by atoms with Crippen LogP contribution in [-0.2, 0) is 14.8 Å². The van der Waals surface area contributed by atoms with Crippen LogP contribution in [0, 0.1) is 0 Å². The molecule has 4 aromatic rings. The summed E-state index contributed by atoms with van der Waals surface area (Å²) in [6.07, 6.45) is 2.66. The van der Waals surface area contributed by atoms with E-state index in [9.17, 15) is 18.3 Å². The van der Waals surface area contributed by atoms with Gasteiger partial charge in [0, 0.05) is 23.3 Å². The Hall–Kier alpha value is -3.97. The molecule has 0 amide bonds. The van der Waals surface area contributed by atoms with E-state index < -0.39 is 16.0 Å². The molecule has 2 N–H and O–H groups in total. The summed E-state index contributed by atoms with van der Waals surface area (Å²) in [7, 11) is -3.92. The van der Waals surface area contributed by atoms with Gasteiger partial charge in [-0.05, 0) is 41.0 Å². The van der Waals surface area contributed by atoms with Crippen molar-refractivity contribution in [2.24, 2.45) is 0 Å². The molecule has 4 rings (SSSR count). The first-order valence-electron chi connectivity index (χ1n) is 9.41. The van der Waals surface area contributed by atoms with Crippen molar-refractivity contribution in [1.82, 2.24) is 4.98 Å². The Morgan fingerprint density at radius 3 is 2.35 bits per heavy atom. The molecule has 0 radical (unpaired) electrons. The lowest BCUT2D eigenvalue weighted by Crippen LogP contribution is -2.14. The maximum absolute atomic E-state index is 13.1. The Morgan fingerprint density at radius 2 is 1.58 bits per heavy atom. The summed E-state index contributed by atoms with van der Waals surface area (Å²) < 4.78 is 28.8. The summed E-state index contributed by atoms with van der Waals surface area (Å²) >= 11 is 0. The highest BCUT2D eigenvalue weighted by Gasteiger charge is 2.19. The number of hydrogen-bond acceptors (Lipinski definition) is 4. The fourth-order valence-corrected chi connectivity index (χ4v) is 4.56. The van der Waals surface area contributed by atoms with Gasteiger partial charge in [0.05, 0.1) is 5.52 Å². The number of para-hydroxylation sites is 1. The summed E-state index contributed by atoms with van der Waals surface area (Å²) in [6, 6.07) is 24.2. The molecule has 31 heavy (non-hydrogen) atoms. The van der Waals surface area contributed by atoms with Crippen molar-refractivity contribution < 1.29 is 18.3 Å². The lowest BCUT2D eigenvalue weighted by atomic mass is 9.97. The number of benzene rings is 3. The lowest BCUT2D eigenvalue weighted by molar-refractivity contribution is -0.131. The monoisotopic (exact) mass is 430 g/mol. The van der Waals surface area contributed by atoms with Crippen LogP contribution in [0.25, 0.3) is 16.5 Å². The second kappa shape index (κ2) is 8.41. The largest absolute Gasteiger partial charge is 0.478 e. The van der Waals surface area contributed by atoms with Gasteiger partial charge in [-0.15, -0.1) is 0 Å². The fraction of sp³-hybridized carbons (Fsp3) is 0. The minimum Gasteiger partial charge on any atom is -0.478 e. The van der Waals surface area contributed by atoms with Gasteiger partial charge in [-0.25, -0.2) is 13.2 Å². The van der Waals surface area contributed by atoms with Gasteiger partial charge in [-0.3, -0.25) is 9.71 Å². The molecule has 0 unspecified atom stereocenters. The Balaban J connectivity index is 1.74. The van der Waals surface area contributed by atoms with Crippen molar-refractivity contribution >= 4 is 38.2 Å². The number of carbonyl (C=O) groups is 1. The van der Waals surface area contributed by atoms with Gasteiger partial charge in [-0.2, -0.15) is 0 Å². The minimum absolute atomic E-state index is 0.0698. The fourth-order valence-electron chi connectivity index (χ4n) is 3.33. The molecule has 7 heteroatoms. The van der Waals surface area contributed by atoms with Crippen LogP contribution in [0.3, 0.4) is 0 Å². The summed E-state index contributed by atoms with van der Waals surface area (Å²) in [5.74, 6) is -1.09. The van der Waals surface area contributed by atoms with Gasteiger partial charge in [0.2, 0.25) is 0 Å². The highest BCUT2D eigenvalue weighted by atomic mass is 32.2. The molecule has 0 atom stereocenters. The Bertz CT molecular complexity index is 1390. The van der Waals surface area contributed by atoms with Crippen molar-refractivity contribution in [2.45, 2.75) is 4.90 Å². The van der Waals surface area contributed by atoms with Crippen LogP contribution in [0.1, 0.15) is 11.1 Å². The SMILES string of the molecule is O=C(O)C=C(c1ccccc1)c1cccc(NS(=O)(=O)c2cccc3cccnc23)c1. The third-order valence-electron chi connectivity index (χ3n) is 4.66. The van der Waals surface area contributed by atoms with Gasteiger partial charge in [-0.1, -0.05) is 60.7 Å². The average Bonchev–Trinajstić information content (AvgIpc) is 2.77. The van der Waals surface area contributed by atoms with Crippen LogP contribution in [0.5, 0.6) is 0 Å². The number of nitrogens with zero attached hydrogens (tertiary/aromatic N) is 1.